The molecule has 4 aromatic heterocycles. The van der Waals surface area contributed by atoms with Crippen LogP contribution in [0.3, 0.4) is 0 Å². The molecule has 0 spiro atoms. The van der Waals surface area contributed by atoms with Crippen molar-refractivity contribution < 1.29 is 135 Å². The number of hydrogen-bond acceptors (Lipinski definition) is 28. The van der Waals surface area contributed by atoms with Crippen molar-refractivity contribution in [1.29, 1.82) is 0 Å². The minimum atomic E-state index is -2.74. The van der Waals surface area contributed by atoms with Crippen LogP contribution in [0.4, 0.5) is 35.1 Å². The number of rotatable bonds is 24. The molecule has 4 fully saturated rings. The van der Waals surface area contributed by atoms with Crippen LogP contribution in [-0.4, -0.2) is 295 Å². The summed E-state index contributed by atoms with van der Waals surface area (Å²) in [7, 11) is 4.59. The van der Waals surface area contributed by atoms with Crippen LogP contribution < -0.4 is 14.2 Å². The predicted molar refractivity (Wildman–Crippen MR) is 394 cm³/mol. The minimum absolute atomic E-state index is 0.103. The Morgan fingerprint density at radius 2 is 0.681 bits per heavy atom. The Balaban J connectivity index is 0.000000177. The number of ether oxygens (including phenoxy) is 7. The summed E-state index contributed by atoms with van der Waals surface area (Å²) in [6.07, 6.45) is -20.3. The highest BCUT2D eigenvalue weighted by Crippen LogP contribution is 2.49. The molecule has 8 unspecified atom stereocenters. The first kappa shape index (κ1) is 91.5. The van der Waals surface area contributed by atoms with Crippen molar-refractivity contribution in [1.82, 2.24) is 60.0 Å². The van der Waals surface area contributed by atoms with Crippen LogP contribution in [0.1, 0.15) is 85.1 Å². The molecule has 12 rings (SSSR count). The van der Waals surface area contributed by atoms with Gasteiger partial charge in [0, 0.05) is 45.9 Å². The number of halogens is 8. The summed E-state index contributed by atoms with van der Waals surface area (Å²) in [5.41, 5.74) is 5.13. The van der Waals surface area contributed by atoms with Gasteiger partial charge in [-0.2, -0.15) is 0 Å². The Morgan fingerprint density at radius 1 is 0.379 bits per heavy atom. The van der Waals surface area contributed by atoms with Gasteiger partial charge >= 0.3 is 0 Å². The van der Waals surface area contributed by atoms with Gasteiger partial charge in [-0.1, -0.05) is 97.1 Å². The van der Waals surface area contributed by atoms with Crippen molar-refractivity contribution in [3.05, 3.63) is 127 Å². The van der Waals surface area contributed by atoms with Crippen molar-refractivity contribution in [2.45, 2.75) is 208 Å². The summed E-state index contributed by atoms with van der Waals surface area (Å²) in [5.74, 6) is -12.3. The molecule has 8 heterocycles. The highest BCUT2D eigenvalue weighted by Gasteiger charge is 2.60. The molecule has 4 aliphatic rings. The van der Waals surface area contributed by atoms with Crippen molar-refractivity contribution in [2.75, 3.05) is 47.8 Å². The van der Waals surface area contributed by atoms with E-state index in [0.717, 1.165) is 33.3 Å². The van der Waals surface area contributed by atoms with Gasteiger partial charge < -0.3 is 99.5 Å². The lowest BCUT2D eigenvalue weighted by molar-refractivity contribution is -0.288. The quantitative estimate of drug-likeness (QED) is 0.0369. The van der Waals surface area contributed by atoms with E-state index in [0.29, 0.717) is 62.3 Å². The third-order valence-corrected chi connectivity index (χ3v) is 21.4. The van der Waals surface area contributed by atoms with Gasteiger partial charge in [0.25, 0.3) is 0 Å². The van der Waals surface area contributed by atoms with Crippen molar-refractivity contribution in [2.24, 2.45) is 23.7 Å². The van der Waals surface area contributed by atoms with Gasteiger partial charge in [0.15, 0.2) is 24.7 Å². The van der Waals surface area contributed by atoms with Gasteiger partial charge in [-0.15, -0.1) is 20.4 Å². The Hall–Kier alpha value is -8.40. The van der Waals surface area contributed by atoms with E-state index < -0.39 is 196 Å². The standard InChI is InChI=1S/4C19H25F2N3O5/c1-10-15(18(20)19(2,21)29-17(10)16(27)14(26)9-25)24-8-13(22-23-24)11-4-6-12(28-3)7-5-11;1-10-15(18(20)19(2,21)29-17(10)16(27)14(26)9-25)24-8-13(22-23-24)11-5-4-6-12(7-11)28-3;1-10-15(18(20)19(2,21)29-17(10)16(27)13(26)9-25)24-8-12(22-23-24)11-6-4-5-7-14(11)28-3;1-10-15(18(20)19(2,21)29-17(10)16(28)14(27)9-26)24-7-13(22-23-24)12-5-3-11(8-25)4-6-12/h2*4-8,10,14-18,25-27H,9H2,1-3H3;4-8,10,13,15-18,25-27H,9H2,1-3H3;3-7,10,14-18,25-28H,8-9H2,1-2H3/t2*10-,14-,15-,16-,17-,18?,19?;10-,13-,15-,16-,17-,18?,19?;10-,14-,15-,16-,17-,18?,19?/m1111/s1. The average molecular weight is 1650 g/mol. The lowest BCUT2D eigenvalue weighted by atomic mass is 9.82. The number of nitrogens with zero attached hydrogens (tertiary/aromatic N) is 12. The molecule has 116 heavy (non-hydrogen) atoms. The van der Waals surface area contributed by atoms with Crippen molar-refractivity contribution >= 4 is 0 Å². The van der Waals surface area contributed by atoms with Crippen LogP contribution in [0.5, 0.6) is 17.2 Å². The molecule has 0 saturated carbocycles. The van der Waals surface area contributed by atoms with E-state index in [1.807, 2.05) is 0 Å². The molecule has 0 radical (unpaired) electrons. The Labute approximate surface area is 661 Å². The first-order valence-corrected chi connectivity index (χ1v) is 37.0. The molecule has 4 saturated heterocycles. The topological polar surface area (TPSA) is 450 Å². The molecule has 28 atom stereocenters. The summed E-state index contributed by atoms with van der Waals surface area (Å²) in [4.78, 5) is 0. The van der Waals surface area contributed by atoms with E-state index in [4.69, 9.17) is 58.7 Å². The zero-order valence-corrected chi connectivity index (χ0v) is 65.0. The van der Waals surface area contributed by atoms with Crippen LogP contribution in [0.25, 0.3) is 45.0 Å². The minimum Gasteiger partial charge on any atom is -0.497 e. The number of alkyl halides is 8. The maximum Gasteiger partial charge on any atom is 0.240 e. The van der Waals surface area contributed by atoms with Gasteiger partial charge in [0.2, 0.25) is 23.4 Å². The molecule has 8 aromatic rings. The third kappa shape index (κ3) is 20.0. The number of aromatic nitrogens is 12. The predicted octanol–water partition coefficient (Wildman–Crippen LogP) is 4.55. The second-order valence-corrected chi connectivity index (χ2v) is 29.6. The zero-order valence-electron chi connectivity index (χ0n) is 65.0. The second-order valence-electron chi connectivity index (χ2n) is 29.6. The fraction of sp³-hybridized carbons (Fsp3) is 0.579. The number of aliphatic hydroxyl groups is 13. The van der Waals surface area contributed by atoms with Gasteiger partial charge in [-0.25, -0.2) is 53.9 Å². The number of benzene rings is 4. The molecule has 0 bridgehead atoms. The van der Waals surface area contributed by atoms with Crippen LogP contribution in [0.15, 0.2) is 122 Å². The molecular weight excluding hydrogens is 1550 g/mol. The smallest absolute Gasteiger partial charge is 0.240 e. The van der Waals surface area contributed by atoms with Gasteiger partial charge in [-0.05, 0) is 81.8 Å². The normalized spacial score (nSPS) is 32.0. The Bertz CT molecular complexity index is 4250. The zero-order chi connectivity index (χ0) is 85.4. The summed E-state index contributed by atoms with van der Waals surface area (Å²) >= 11 is 0. The van der Waals surface area contributed by atoms with Crippen LogP contribution >= 0.6 is 0 Å². The molecule has 0 aliphatic carbocycles. The number of aliphatic hydroxyl groups excluding tert-OH is 13. The lowest BCUT2D eigenvalue weighted by Gasteiger charge is -2.46. The molecule has 0 amide bonds. The second kappa shape index (κ2) is 38.6. The molecule has 40 heteroatoms. The van der Waals surface area contributed by atoms with E-state index in [1.54, 1.807) is 132 Å². The Morgan fingerprint density at radius 3 is 0.991 bits per heavy atom. The maximum atomic E-state index is 15.0. The van der Waals surface area contributed by atoms with E-state index in [1.165, 1.54) is 57.7 Å². The average Bonchev–Trinajstić information content (AvgIpc) is 1.37. The monoisotopic (exact) mass is 1650 g/mol. The molecule has 32 nitrogen and oxygen atoms in total. The fourth-order valence-corrected chi connectivity index (χ4v) is 14.5. The van der Waals surface area contributed by atoms with Gasteiger partial charge in [-0.3, -0.25) is 0 Å². The fourth-order valence-electron chi connectivity index (χ4n) is 14.5. The molecule has 640 valence electrons. The van der Waals surface area contributed by atoms with Crippen molar-refractivity contribution in [3.63, 3.8) is 0 Å². The van der Waals surface area contributed by atoms with Gasteiger partial charge in [0.1, 0.15) is 88.9 Å². The highest BCUT2D eigenvalue weighted by molar-refractivity contribution is 5.66. The number of hydrogen-bond donors (Lipinski definition) is 13. The SMILES string of the molecule is COc1ccc(-c2cn([C@H]3C(F)C(C)(F)O[C@@H]([C@H](O)[C@H](O)CO)[C@@H]3C)nn2)cc1.COc1cccc(-c2cn([C@H]3C(F)C(C)(F)O[C@@H]([C@H](O)[C@H](O)CO)[C@@H]3C)nn2)c1.COc1ccccc1-c1cn([C@H]2C(F)C(C)(F)O[C@@H]([C@H](O)[C@H](O)CO)[C@@H]2C)nn1.C[C@H]1[C@H]([C@H](O)[C@H](O)CO)OC(C)(F)C(F)[C@@H]1n1cc(-c2ccc(CO)cc2)nn1. The summed E-state index contributed by atoms with van der Waals surface area (Å²) in [6.45, 7) is 6.77. The maximum absolute atomic E-state index is 15.0. The summed E-state index contributed by atoms with van der Waals surface area (Å²) in [5, 5.41) is 157. The van der Waals surface area contributed by atoms with Gasteiger partial charge in [0.05, 0.1) is 128 Å². The first-order chi connectivity index (χ1) is 54.8. The molecular formula is C76H100F8N12O20. The van der Waals surface area contributed by atoms with E-state index in [2.05, 4.69) is 41.2 Å². The summed E-state index contributed by atoms with van der Waals surface area (Å²) in [6, 6.07) is 23.4. The lowest BCUT2D eigenvalue weighted by Crippen LogP contribution is -2.59. The largest absolute Gasteiger partial charge is 0.497 e. The summed E-state index contributed by atoms with van der Waals surface area (Å²) < 4.78 is 160. The van der Waals surface area contributed by atoms with Crippen LogP contribution in [-0.2, 0) is 25.6 Å². The Kier molecular flexibility index (Phi) is 30.4. The van der Waals surface area contributed by atoms with Crippen LogP contribution in [0.2, 0.25) is 0 Å². The number of methoxy groups -OCH3 is 3. The first-order valence-electron chi connectivity index (χ1n) is 37.0. The molecule has 4 aromatic carbocycles. The number of para-hydroxylation sites is 1. The van der Waals surface area contributed by atoms with E-state index >= 15 is 8.78 Å². The highest BCUT2D eigenvalue weighted by atomic mass is 19.2. The van der Waals surface area contributed by atoms with E-state index in [9.17, 15) is 67.2 Å². The van der Waals surface area contributed by atoms with Crippen molar-refractivity contribution in [3.8, 4) is 62.3 Å². The molecule has 4 aliphatic heterocycles. The third-order valence-electron chi connectivity index (χ3n) is 21.4. The van der Waals surface area contributed by atoms with E-state index in [-0.39, 0.29) is 6.61 Å². The van der Waals surface area contributed by atoms with Crippen LogP contribution in [0, 0.1) is 23.7 Å². The molecule has 13 N–H and O–H groups in total.